The maximum atomic E-state index is 5.57. The van der Waals surface area contributed by atoms with Crippen molar-refractivity contribution in [2.24, 2.45) is 0 Å². The van der Waals surface area contributed by atoms with Gasteiger partial charge in [0.2, 0.25) is 5.88 Å². The number of aromatic nitrogens is 2. The van der Waals surface area contributed by atoms with Gasteiger partial charge in [0, 0.05) is 6.54 Å². The van der Waals surface area contributed by atoms with Gasteiger partial charge < -0.3 is 10.1 Å². The lowest BCUT2D eigenvalue weighted by Crippen LogP contribution is -2.13. The van der Waals surface area contributed by atoms with Gasteiger partial charge in [-0.2, -0.15) is 4.98 Å². The van der Waals surface area contributed by atoms with Gasteiger partial charge in [0.15, 0.2) is 6.10 Å². The van der Waals surface area contributed by atoms with Crippen molar-refractivity contribution in [3.8, 4) is 18.2 Å². The fraction of sp³-hybridized carbons (Fsp3) is 0.538. The predicted molar refractivity (Wildman–Crippen MR) is 69.2 cm³/mol. The van der Waals surface area contributed by atoms with Gasteiger partial charge in [0.05, 0.1) is 5.56 Å². The smallest absolute Gasteiger partial charge is 0.223 e. The number of rotatable bonds is 5. The van der Waals surface area contributed by atoms with Crippen molar-refractivity contribution in [3.05, 3.63) is 11.4 Å². The van der Waals surface area contributed by atoms with Crippen LogP contribution in [0.5, 0.6) is 5.88 Å². The van der Waals surface area contributed by atoms with E-state index in [9.17, 15) is 0 Å². The van der Waals surface area contributed by atoms with Crippen LogP contribution in [-0.2, 0) is 0 Å². The molecule has 0 aromatic carbocycles. The zero-order chi connectivity index (χ0) is 12.8. The summed E-state index contributed by atoms with van der Waals surface area (Å²) in [4.78, 5) is 8.61. The molecule has 1 unspecified atom stereocenters. The molecule has 4 nitrogen and oxygen atoms in total. The Hall–Kier alpha value is -1.76. The summed E-state index contributed by atoms with van der Waals surface area (Å²) in [6, 6.07) is 0. The van der Waals surface area contributed by atoms with Crippen LogP contribution in [0.15, 0.2) is 0 Å². The number of hydrogen-bond acceptors (Lipinski definition) is 4. The van der Waals surface area contributed by atoms with Crippen LogP contribution in [0.1, 0.15) is 31.7 Å². The van der Waals surface area contributed by atoms with Gasteiger partial charge in [-0.1, -0.05) is 12.8 Å². The fourth-order valence-corrected chi connectivity index (χ4v) is 1.33. The van der Waals surface area contributed by atoms with Crippen molar-refractivity contribution >= 4 is 5.82 Å². The number of terminal acetylenes is 1. The molecule has 0 aliphatic rings. The molecule has 0 aliphatic carbocycles. The van der Waals surface area contributed by atoms with Crippen molar-refractivity contribution in [1.82, 2.24) is 9.97 Å². The van der Waals surface area contributed by atoms with E-state index in [0.29, 0.717) is 11.7 Å². The minimum atomic E-state index is -0.290. The standard InChI is InChI=1S/C13H19N3O/c1-6-8-14-12-10(4)13(16-11(5)15-12)17-9(3)7-2/h2,9H,6,8H2,1,3-5H3,(H,14,15,16). The molecule has 0 fully saturated rings. The summed E-state index contributed by atoms with van der Waals surface area (Å²) in [5, 5.41) is 3.25. The quantitative estimate of drug-likeness (QED) is 0.793. The minimum absolute atomic E-state index is 0.290. The Morgan fingerprint density at radius 2 is 2.12 bits per heavy atom. The van der Waals surface area contributed by atoms with Crippen LogP contribution >= 0.6 is 0 Å². The Kier molecular flexibility index (Phi) is 4.77. The summed E-state index contributed by atoms with van der Waals surface area (Å²) < 4.78 is 5.57. The van der Waals surface area contributed by atoms with Gasteiger partial charge in [-0.05, 0) is 27.2 Å². The van der Waals surface area contributed by atoms with Crippen molar-refractivity contribution in [2.75, 3.05) is 11.9 Å². The molecule has 0 saturated carbocycles. The lowest BCUT2D eigenvalue weighted by molar-refractivity contribution is 0.265. The van der Waals surface area contributed by atoms with E-state index < -0.39 is 0 Å². The Bertz CT molecular complexity index is 423. The van der Waals surface area contributed by atoms with Crippen molar-refractivity contribution in [3.63, 3.8) is 0 Å². The molecule has 1 rings (SSSR count). The third-order valence-electron chi connectivity index (χ3n) is 2.28. The highest BCUT2D eigenvalue weighted by molar-refractivity contribution is 5.48. The van der Waals surface area contributed by atoms with Gasteiger partial charge in [0.25, 0.3) is 0 Å². The predicted octanol–water partition coefficient (Wildman–Crippen LogP) is 2.32. The average molecular weight is 233 g/mol. The Balaban J connectivity index is 2.97. The molecule has 0 bridgehead atoms. The second kappa shape index (κ2) is 6.09. The molecule has 1 N–H and O–H groups in total. The first-order valence-corrected chi connectivity index (χ1v) is 5.80. The Labute approximate surface area is 103 Å². The molecule has 0 amide bonds. The highest BCUT2D eigenvalue weighted by Gasteiger charge is 2.11. The number of nitrogens with one attached hydrogen (secondary N) is 1. The maximum absolute atomic E-state index is 5.57. The van der Waals surface area contributed by atoms with Gasteiger partial charge >= 0.3 is 0 Å². The first-order chi connectivity index (χ1) is 8.08. The topological polar surface area (TPSA) is 47.0 Å². The molecule has 1 aromatic rings. The number of ether oxygens (including phenoxy) is 1. The van der Waals surface area contributed by atoms with Crippen LogP contribution in [0.2, 0.25) is 0 Å². The highest BCUT2D eigenvalue weighted by Crippen LogP contribution is 2.22. The average Bonchev–Trinajstić information content (AvgIpc) is 2.31. The number of aryl methyl sites for hydroxylation is 1. The second-order valence-corrected chi connectivity index (χ2v) is 3.90. The number of anilines is 1. The second-order valence-electron chi connectivity index (χ2n) is 3.90. The lowest BCUT2D eigenvalue weighted by Gasteiger charge is -2.14. The molecule has 0 spiro atoms. The van der Waals surface area contributed by atoms with E-state index in [4.69, 9.17) is 11.2 Å². The van der Waals surface area contributed by atoms with Crippen molar-refractivity contribution in [2.45, 2.75) is 40.2 Å². The van der Waals surface area contributed by atoms with Crippen molar-refractivity contribution < 1.29 is 4.74 Å². The van der Waals surface area contributed by atoms with Gasteiger partial charge in [-0.3, -0.25) is 0 Å². The van der Waals surface area contributed by atoms with E-state index in [1.165, 1.54) is 0 Å². The summed E-state index contributed by atoms with van der Waals surface area (Å²) in [6.45, 7) is 8.56. The molecule has 4 heteroatoms. The summed E-state index contributed by atoms with van der Waals surface area (Å²) in [7, 11) is 0. The molecule has 17 heavy (non-hydrogen) atoms. The monoisotopic (exact) mass is 233 g/mol. The minimum Gasteiger partial charge on any atom is -0.461 e. The Morgan fingerprint density at radius 1 is 1.41 bits per heavy atom. The largest absolute Gasteiger partial charge is 0.461 e. The molecule has 0 aliphatic heterocycles. The summed E-state index contributed by atoms with van der Waals surface area (Å²) in [5.74, 6) is 4.57. The van der Waals surface area contributed by atoms with E-state index in [1.807, 2.05) is 20.8 Å². The van der Waals surface area contributed by atoms with E-state index in [1.54, 1.807) is 0 Å². The molecule has 92 valence electrons. The normalized spacial score (nSPS) is 11.7. The number of nitrogens with zero attached hydrogens (tertiary/aromatic N) is 2. The van der Waals surface area contributed by atoms with Crippen LogP contribution in [0.3, 0.4) is 0 Å². The lowest BCUT2D eigenvalue weighted by atomic mass is 10.3. The third-order valence-corrected chi connectivity index (χ3v) is 2.28. The van der Waals surface area contributed by atoms with Crippen LogP contribution in [0.25, 0.3) is 0 Å². The van der Waals surface area contributed by atoms with Gasteiger partial charge in [-0.25, -0.2) is 4.98 Å². The van der Waals surface area contributed by atoms with Crippen LogP contribution in [0, 0.1) is 26.2 Å². The van der Waals surface area contributed by atoms with Gasteiger partial charge in [0.1, 0.15) is 11.6 Å². The molecular weight excluding hydrogens is 214 g/mol. The molecule has 1 atom stereocenters. The fourth-order valence-electron chi connectivity index (χ4n) is 1.33. The summed E-state index contributed by atoms with van der Waals surface area (Å²) in [6.07, 6.45) is 6.04. The molecular formula is C13H19N3O. The SMILES string of the molecule is C#CC(C)Oc1nc(C)nc(NCCC)c1C. The zero-order valence-electron chi connectivity index (χ0n) is 10.9. The molecule has 1 aromatic heterocycles. The molecule has 0 radical (unpaired) electrons. The third kappa shape index (κ3) is 3.63. The maximum Gasteiger partial charge on any atom is 0.223 e. The highest BCUT2D eigenvalue weighted by atomic mass is 16.5. The Morgan fingerprint density at radius 3 is 2.71 bits per heavy atom. The van der Waals surface area contributed by atoms with Crippen LogP contribution in [0.4, 0.5) is 5.82 Å². The molecule has 0 saturated heterocycles. The van der Waals surface area contributed by atoms with E-state index >= 15 is 0 Å². The summed E-state index contributed by atoms with van der Waals surface area (Å²) >= 11 is 0. The first-order valence-electron chi connectivity index (χ1n) is 5.80. The zero-order valence-corrected chi connectivity index (χ0v) is 10.9. The van der Waals surface area contributed by atoms with Crippen LogP contribution < -0.4 is 10.1 Å². The summed E-state index contributed by atoms with van der Waals surface area (Å²) in [5.41, 5.74) is 0.895. The van der Waals surface area contributed by atoms with Crippen LogP contribution in [-0.4, -0.2) is 22.6 Å². The molecule has 1 heterocycles. The first kappa shape index (κ1) is 13.3. The van der Waals surface area contributed by atoms with E-state index in [2.05, 4.69) is 28.1 Å². The van der Waals surface area contributed by atoms with Crippen molar-refractivity contribution in [1.29, 1.82) is 0 Å². The van der Waals surface area contributed by atoms with E-state index in [-0.39, 0.29) is 6.10 Å². The number of hydrogen-bond donors (Lipinski definition) is 1. The van der Waals surface area contributed by atoms with E-state index in [0.717, 1.165) is 24.3 Å². The van der Waals surface area contributed by atoms with Gasteiger partial charge in [-0.15, -0.1) is 6.42 Å².